The van der Waals surface area contributed by atoms with E-state index in [9.17, 15) is 4.79 Å². The number of nitrogens with two attached hydrogens (primary N) is 1. The molecule has 6 nitrogen and oxygen atoms in total. The molecule has 8 heteroatoms. The molecule has 0 aliphatic carbocycles. The molecular weight excluding hydrogens is 351 g/mol. The average molecular weight is 377 g/mol. The van der Waals surface area contributed by atoms with Crippen LogP contribution in [0, 0.1) is 0 Å². The standard InChI is InChI=1S/C16H24N4O2.2ClH/c17-10-13-5-6-14(22-13)16(21)19-15-7-4-12(11-18-15)20-8-2-1-3-9-20;;/h4,7,11,13-14H,1-3,5-6,8-10,17H2,(H,18,19,21);2*1H/t13-,14+;;/m1../s1. The minimum atomic E-state index is -0.405. The summed E-state index contributed by atoms with van der Waals surface area (Å²) in [7, 11) is 0. The molecule has 2 atom stereocenters. The molecule has 2 saturated heterocycles. The van der Waals surface area contributed by atoms with E-state index in [1.807, 2.05) is 18.3 Å². The van der Waals surface area contributed by atoms with E-state index in [-0.39, 0.29) is 36.8 Å². The predicted octanol–water partition coefficient (Wildman–Crippen LogP) is 2.36. The molecule has 1 aromatic heterocycles. The highest BCUT2D eigenvalue weighted by Gasteiger charge is 2.30. The molecular formula is C16H26Cl2N4O2. The van der Waals surface area contributed by atoms with Crippen molar-refractivity contribution in [3.8, 4) is 0 Å². The summed E-state index contributed by atoms with van der Waals surface area (Å²) in [6, 6.07) is 3.88. The third kappa shape index (κ3) is 5.21. The van der Waals surface area contributed by atoms with Crippen LogP contribution in [-0.2, 0) is 9.53 Å². The van der Waals surface area contributed by atoms with E-state index < -0.39 is 6.10 Å². The van der Waals surface area contributed by atoms with Gasteiger partial charge in [0.15, 0.2) is 0 Å². The fourth-order valence-corrected chi connectivity index (χ4v) is 3.08. The fraction of sp³-hybridized carbons (Fsp3) is 0.625. The molecule has 0 bridgehead atoms. The quantitative estimate of drug-likeness (QED) is 0.842. The van der Waals surface area contributed by atoms with Gasteiger partial charge in [-0.15, -0.1) is 24.8 Å². The van der Waals surface area contributed by atoms with Crippen LogP contribution in [0.3, 0.4) is 0 Å². The van der Waals surface area contributed by atoms with Crippen LogP contribution in [0.15, 0.2) is 18.3 Å². The lowest BCUT2D eigenvalue weighted by atomic mass is 10.1. The first kappa shape index (κ1) is 21.0. The summed E-state index contributed by atoms with van der Waals surface area (Å²) in [5.41, 5.74) is 6.69. The Morgan fingerprint density at radius 3 is 2.58 bits per heavy atom. The molecule has 2 fully saturated rings. The molecule has 3 N–H and O–H groups in total. The van der Waals surface area contributed by atoms with Crippen molar-refractivity contribution in [3.05, 3.63) is 18.3 Å². The maximum absolute atomic E-state index is 12.1. The number of piperidine rings is 1. The largest absolute Gasteiger partial charge is 0.370 e. The molecule has 24 heavy (non-hydrogen) atoms. The topological polar surface area (TPSA) is 80.5 Å². The number of nitrogens with zero attached hydrogens (tertiary/aromatic N) is 2. The minimum Gasteiger partial charge on any atom is -0.370 e. The number of hydrogen-bond acceptors (Lipinski definition) is 5. The summed E-state index contributed by atoms with van der Waals surface area (Å²) < 4.78 is 5.59. The third-order valence-corrected chi connectivity index (χ3v) is 4.38. The first-order valence-corrected chi connectivity index (χ1v) is 8.13. The molecule has 0 spiro atoms. The molecule has 0 saturated carbocycles. The number of hydrogen-bond donors (Lipinski definition) is 2. The Balaban J connectivity index is 0.00000144. The van der Waals surface area contributed by atoms with Gasteiger partial charge in [-0.05, 0) is 44.2 Å². The molecule has 136 valence electrons. The van der Waals surface area contributed by atoms with Crippen molar-refractivity contribution in [2.45, 2.75) is 44.3 Å². The van der Waals surface area contributed by atoms with Crippen LogP contribution in [0.2, 0.25) is 0 Å². The molecule has 1 amide bonds. The van der Waals surface area contributed by atoms with E-state index in [1.54, 1.807) is 0 Å². The lowest BCUT2D eigenvalue weighted by Crippen LogP contribution is -2.30. The van der Waals surface area contributed by atoms with Gasteiger partial charge in [0.1, 0.15) is 11.9 Å². The lowest BCUT2D eigenvalue weighted by Gasteiger charge is -2.28. The number of carbonyl (C=O) groups is 1. The van der Waals surface area contributed by atoms with Gasteiger partial charge in [-0.25, -0.2) is 4.98 Å². The predicted molar refractivity (Wildman–Crippen MR) is 100 cm³/mol. The molecule has 0 radical (unpaired) electrons. The van der Waals surface area contributed by atoms with Crippen molar-refractivity contribution in [3.63, 3.8) is 0 Å². The number of rotatable bonds is 4. The zero-order valence-corrected chi connectivity index (χ0v) is 15.3. The molecule has 0 unspecified atom stereocenters. The number of ether oxygens (including phenoxy) is 1. The van der Waals surface area contributed by atoms with E-state index in [4.69, 9.17) is 10.5 Å². The summed E-state index contributed by atoms with van der Waals surface area (Å²) in [5, 5.41) is 2.82. The van der Waals surface area contributed by atoms with E-state index in [2.05, 4.69) is 15.2 Å². The van der Waals surface area contributed by atoms with Crippen molar-refractivity contribution >= 4 is 42.2 Å². The Morgan fingerprint density at radius 1 is 1.25 bits per heavy atom. The first-order chi connectivity index (χ1) is 10.8. The Bertz CT molecular complexity index is 509. The monoisotopic (exact) mass is 376 g/mol. The summed E-state index contributed by atoms with van der Waals surface area (Å²) in [5.74, 6) is 0.444. The Labute approximate surface area is 155 Å². The van der Waals surface area contributed by atoms with Gasteiger partial charge in [-0.3, -0.25) is 4.79 Å². The lowest BCUT2D eigenvalue weighted by molar-refractivity contribution is -0.126. The van der Waals surface area contributed by atoms with Gasteiger partial charge >= 0.3 is 0 Å². The Hall–Kier alpha value is -1.08. The number of halogens is 2. The first-order valence-electron chi connectivity index (χ1n) is 8.13. The highest BCUT2D eigenvalue weighted by atomic mass is 35.5. The second kappa shape index (κ2) is 10.0. The normalized spacial score (nSPS) is 23.1. The molecule has 0 aromatic carbocycles. The van der Waals surface area contributed by atoms with Gasteiger partial charge in [0.25, 0.3) is 5.91 Å². The van der Waals surface area contributed by atoms with Crippen LogP contribution < -0.4 is 16.0 Å². The maximum Gasteiger partial charge on any atom is 0.254 e. The Morgan fingerprint density at radius 2 is 2.00 bits per heavy atom. The average Bonchev–Trinajstić information content (AvgIpc) is 3.06. The van der Waals surface area contributed by atoms with E-state index in [0.717, 1.165) is 31.6 Å². The molecule has 2 aliphatic rings. The molecule has 3 heterocycles. The van der Waals surface area contributed by atoms with E-state index in [1.165, 1.54) is 19.3 Å². The van der Waals surface area contributed by atoms with Gasteiger partial charge in [-0.2, -0.15) is 0 Å². The number of pyridine rings is 1. The highest BCUT2D eigenvalue weighted by Crippen LogP contribution is 2.22. The van der Waals surface area contributed by atoms with Gasteiger partial charge in [0.05, 0.1) is 18.0 Å². The second-order valence-corrected chi connectivity index (χ2v) is 6.00. The van der Waals surface area contributed by atoms with Crippen LogP contribution >= 0.6 is 24.8 Å². The van der Waals surface area contributed by atoms with Gasteiger partial charge < -0.3 is 20.7 Å². The molecule has 2 aliphatic heterocycles. The Kier molecular flexibility index (Phi) is 8.76. The van der Waals surface area contributed by atoms with Crippen LogP contribution in [0.4, 0.5) is 11.5 Å². The summed E-state index contributed by atoms with van der Waals surface area (Å²) >= 11 is 0. The second-order valence-electron chi connectivity index (χ2n) is 6.00. The van der Waals surface area contributed by atoms with E-state index in [0.29, 0.717) is 12.4 Å². The van der Waals surface area contributed by atoms with E-state index >= 15 is 0 Å². The summed E-state index contributed by atoms with van der Waals surface area (Å²) in [6.07, 6.45) is 6.78. The van der Waals surface area contributed by atoms with Gasteiger partial charge in [-0.1, -0.05) is 0 Å². The molecule has 1 aromatic rings. The fourth-order valence-electron chi connectivity index (χ4n) is 3.08. The zero-order chi connectivity index (χ0) is 15.4. The van der Waals surface area contributed by atoms with Gasteiger partial charge in [0, 0.05) is 19.6 Å². The summed E-state index contributed by atoms with van der Waals surface area (Å²) in [4.78, 5) is 18.8. The number of amides is 1. The van der Waals surface area contributed by atoms with Crippen LogP contribution in [0.5, 0.6) is 0 Å². The van der Waals surface area contributed by atoms with Crippen molar-refractivity contribution in [2.24, 2.45) is 5.73 Å². The smallest absolute Gasteiger partial charge is 0.254 e. The maximum atomic E-state index is 12.1. The summed E-state index contributed by atoms with van der Waals surface area (Å²) in [6.45, 7) is 2.64. The number of anilines is 2. The van der Waals surface area contributed by atoms with Crippen molar-refractivity contribution in [1.29, 1.82) is 0 Å². The number of aromatic nitrogens is 1. The SMILES string of the molecule is Cl.Cl.NC[C@H]1CC[C@@H](C(=O)Nc2ccc(N3CCCCC3)cn2)O1. The number of carbonyl (C=O) groups excluding carboxylic acids is 1. The highest BCUT2D eigenvalue weighted by molar-refractivity contribution is 5.93. The number of nitrogens with one attached hydrogen (secondary N) is 1. The van der Waals surface area contributed by atoms with Crippen molar-refractivity contribution in [1.82, 2.24) is 4.98 Å². The third-order valence-electron chi connectivity index (χ3n) is 4.38. The van der Waals surface area contributed by atoms with Crippen molar-refractivity contribution < 1.29 is 9.53 Å². The molecule has 3 rings (SSSR count). The van der Waals surface area contributed by atoms with Crippen molar-refractivity contribution in [2.75, 3.05) is 29.9 Å². The zero-order valence-electron chi connectivity index (χ0n) is 13.6. The van der Waals surface area contributed by atoms with Crippen LogP contribution in [-0.4, -0.2) is 42.7 Å². The van der Waals surface area contributed by atoms with Crippen LogP contribution in [0.1, 0.15) is 32.1 Å². The van der Waals surface area contributed by atoms with Gasteiger partial charge in [0.2, 0.25) is 0 Å². The minimum absolute atomic E-state index is 0. The van der Waals surface area contributed by atoms with Crippen LogP contribution in [0.25, 0.3) is 0 Å².